The van der Waals surface area contributed by atoms with E-state index in [-0.39, 0.29) is 5.75 Å². The summed E-state index contributed by atoms with van der Waals surface area (Å²) in [5.74, 6) is -0.744. The first kappa shape index (κ1) is 19.2. The zero-order valence-electron chi connectivity index (χ0n) is 11.8. The first-order chi connectivity index (χ1) is 8.51. The van der Waals surface area contributed by atoms with Gasteiger partial charge in [0.2, 0.25) is 0 Å². The molecule has 18 heavy (non-hydrogen) atoms. The zero-order chi connectivity index (χ0) is 14.6. The van der Waals surface area contributed by atoms with Gasteiger partial charge in [-0.1, -0.05) is 40.2 Å². The van der Waals surface area contributed by atoms with Gasteiger partial charge in [0.25, 0.3) is 6.43 Å². The fraction of sp³-hybridized carbons (Fsp3) is 0.571. The maximum atomic E-state index is 12.9. The van der Waals surface area contributed by atoms with Gasteiger partial charge in [0, 0.05) is 0 Å². The molecule has 0 fully saturated rings. The fourth-order valence-corrected chi connectivity index (χ4v) is 0.874. The normalized spacial score (nSPS) is 8.94. The summed E-state index contributed by atoms with van der Waals surface area (Å²) in [6, 6.07) is 4.12. The Morgan fingerprint density at radius 1 is 1.17 bits per heavy atom. The molecule has 1 aromatic rings. The fourth-order valence-electron chi connectivity index (χ4n) is 0.874. The Bertz CT molecular complexity index is 301. The summed E-state index contributed by atoms with van der Waals surface area (Å²) >= 11 is 0. The maximum absolute atomic E-state index is 12.9. The van der Waals surface area contributed by atoms with Crippen molar-refractivity contribution in [3.63, 3.8) is 0 Å². The Hall–Kier alpha value is -1.19. The smallest absolute Gasteiger partial charge is 0.272 e. The SMILES string of the molecule is CC.CCC.Cc1ccc(F)c(OCC(F)F)c1. The molecule has 0 atom stereocenters. The molecule has 0 saturated carbocycles. The van der Waals surface area contributed by atoms with Crippen LogP contribution < -0.4 is 4.74 Å². The summed E-state index contributed by atoms with van der Waals surface area (Å²) in [4.78, 5) is 0. The van der Waals surface area contributed by atoms with Crippen molar-refractivity contribution < 1.29 is 17.9 Å². The highest BCUT2D eigenvalue weighted by Crippen LogP contribution is 2.18. The van der Waals surface area contributed by atoms with Crippen molar-refractivity contribution in [3.05, 3.63) is 29.6 Å². The molecule has 0 radical (unpaired) electrons. The number of aryl methyl sites for hydroxylation is 1. The standard InChI is InChI=1S/C9H9F3O.C3H8.C2H6/c1-6-2-3-7(10)8(4-6)13-5-9(11)12;1-3-2;1-2/h2-4,9H,5H2,1H3;3H2,1-2H3;1-2H3. The molecule has 0 aliphatic carbocycles. The number of benzene rings is 1. The molecule has 0 unspecified atom stereocenters. The topological polar surface area (TPSA) is 9.23 Å². The summed E-state index contributed by atoms with van der Waals surface area (Å²) < 4.78 is 40.8. The molecule has 0 N–H and O–H groups in total. The number of rotatable bonds is 3. The molecule has 0 bridgehead atoms. The van der Waals surface area contributed by atoms with E-state index in [4.69, 9.17) is 0 Å². The van der Waals surface area contributed by atoms with E-state index in [0.717, 1.165) is 5.56 Å². The molecule has 1 nitrogen and oxygen atoms in total. The van der Waals surface area contributed by atoms with E-state index in [1.807, 2.05) is 13.8 Å². The van der Waals surface area contributed by atoms with Gasteiger partial charge in [-0.05, 0) is 24.6 Å². The second-order valence-corrected chi connectivity index (χ2v) is 3.34. The molecule has 106 valence electrons. The minimum atomic E-state index is -2.58. The monoisotopic (exact) mass is 264 g/mol. The third-order valence-corrected chi connectivity index (χ3v) is 1.45. The van der Waals surface area contributed by atoms with Crippen LogP contribution in [-0.4, -0.2) is 13.0 Å². The lowest BCUT2D eigenvalue weighted by Gasteiger charge is -2.06. The Morgan fingerprint density at radius 3 is 2.11 bits per heavy atom. The minimum absolute atomic E-state index is 0.125. The third kappa shape index (κ3) is 10.00. The highest BCUT2D eigenvalue weighted by Gasteiger charge is 2.07. The highest BCUT2D eigenvalue weighted by molar-refractivity contribution is 5.29. The van der Waals surface area contributed by atoms with Crippen LogP contribution in [0, 0.1) is 12.7 Å². The second-order valence-electron chi connectivity index (χ2n) is 3.34. The van der Waals surface area contributed by atoms with E-state index in [1.165, 1.54) is 18.6 Å². The van der Waals surface area contributed by atoms with Gasteiger partial charge in [-0.3, -0.25) is 0 Å². The van der Waals surface area contributed by atoms with Gasteiger partial charge in [0.15, 0.2) is 11.6 Å². The first-order valence-corrected chi connectivity index (χ1v) is 6.18. The molecule has 1 rings (SSSR count). The summed E-state index contributed by atoms with van der Waals surface area (Å²) in [5.41, 5.74) is 0.769. The largest absolute Gasteiger partial charge is 0.485 e. The Kier molecular flexibility index (Phi) is 13.1. The average molecular weight is 264 g/mol. The highest BCUT2D eigenvalue weighted by atomic mass is 19.3. The van der Waals surface area contributed by atoms with Gasteiger partial charge in [-0.15, -0.1) is 0 Å². The summed E-state index contributed by atoms with van der Waals surface area (Å²) in [6.45, 7) is 9.20. The van der Waals surface area contributed by atoms with Crippen molar-refractivity contribution in [2.45, 2.75) is 47.5 Å². The number of hydrogen-bond donors (Lipinski definition) is 0. The van der Waals surface area contributed by atoms with Crippen LogP contribution in [0.4, 0.5) is 13.2 Å². The van der Waals surface area contributed by atoms with Crippen molar-refractivity contribution in [3.8, 4) is 5.75 Å². The van der Waals surface area contributed by atoms with Crippen LogP contribution in [-0.2, 0) is 0 Å². The molecule has 4 heteroatoms. The van der Waals surface area contributed by atoms with Crippen LogP contribution in [0.25, 0.3) is 0 Å². The number of halogens is 3. The zero-order valence-corrected chi connectivity index (χ0v) is 11.8. The van der Waals surface area contributed by atoms with Crippen molar-refractivity contribution in [2.24, 2.45) is 0 Å². The van der Waals surface area contributed by atoms with Crippen molar-refractivity contribution in [2.75, 3.05) is 6.61 Å². The molecule has 0 aliphatic heterocycles. The summed E-state index contributed by atoms with van der Waals surface area (Å²) in [6.07, 6.45) is -1.33. The Morgan fingerprint density at radius 2 is 1.67 bits per heavy atom. The predicted molar refractivity (Wildman–Crippen MR) is 69.9 cm³/mol. The molecular weight excluding hydrogens is 241 g/mol. The van der Waals surface area contributed by atoms with E-state index in [2.05, 4.69) is 18.6 Å². The quantitative estimate of drug-likeness (QED) is 0.727. The molecule has 1 aromatic carbocycles. The lowest BCUT2D eigenvalue weighted by Crippen LogP contribution is -2.08. The molecule has 0 spiro atoms. The summed E-state index contributed by atoms with van der Waals surface area (Å²) in [5, 5.41) is 0. The van der Waals surface area contributed by atoms with Crippen LogP contribution in [0.1, 0.15) is 39.7 Å². The van der Waals surface area contributed by atoms with Crippen molar-refractivity contribution >= 4 is 0 Å². The molecule has 0 amide bonds. The molecular formula is C14H23F3O. The first-order valence-electron chi connectivity index (χ1n) is 6.18. The van der Waals surface area contributed by atoms with E-state index < -0.39 is 18.8 Å². The molecule has 0 saturated heterocycles. The predicted octanol–water partition coefficient (Wildman–Crippen LogP) is 5.22. The van der Waals surface area contributed by atoms with E-state index in [9.17, 15) is 13.2 Å². The molecule has 0 aromatic heterocycles. The van der Waals surface area contributed by atoms with Gasteiger partial charge < -0.3 is 4.74 Å². The second kappa shape index (κ2) is 12.3. The van der Waals surface area contributed by atoms with Gasteiger partial charge in [-0.2, -0.15) is 0 Å². The van der Waals surface area contributed by atoms with Crippen LogP contribution in [0.15, 0.2) is 18.2 Å². The van der Waals surface area contributed by atoms with Gasteiger partial charge in [-0.25, -0.2) is 13.2 Å². The van der Waals surface area contributed by atoms with Gasteiger partial charge >= 0.3 is 0 Å². The van der Waals surface area contributed by atoms with E-state index in [0.29, 0.717) is 0 Å². The van der Waals surface area contributed by atoms with Crippen LogP contribution >= 0.6 is 0 Å². The number of ether oxygens (including phenoxy) is 1. The van der Waals surface area contributed by atoms with Crippen molar-refractivity contribution in [1.29, 1.82) is 0 Å². The number of alkyl halides is 2. The van der Waals surface area contributed by atoms with E-state index >= 15 is 0 Å². The van der Waals surface area contributed by atoms with Gasteiger partial charge in [0.05, 0.1) is 0 Å². The third-order valence-electron chi connectivity index (χ3n) is 1.45. The Labute approximate surface area is 108 Å². The maximum Gasteiger partial charge on any atom is 0.272 e. The molecule has 0 aliphatic rings. The average Bonchev–Trinajstić information content (AvgIpc) is 2.34. The lowest BCUT2D eigenvalue weighted by atomic mass is 10.2. The Balaban J connectivity index is 0. The summed E-state index contributed by atoms with van der Waals surface area (Å²) in [7, 11) is 0. The van der Waals surface area contributed by atoms with Crippen molar-refractivity contribution in [1.82, 2.24) is 0 Å². The van der Waals surface area contributed by atoms with E-state index in [1.54, 1.807) is 13.0 Å². The lowest BCUT2D eigenvalue weighted by molar-refractivity contribution is 0.0799. The van der Waals surface area contributed by atoms with Gasteiger partial charge in [0.1, 0.15) is 6.61 Å². The minimum Gasteiger partial charge on any atom is -0.485 e. The number of hydrogen-bond acceptors (Lipinski definition) is 1. The molecule has 0 heterocycles. The van der Waals surface area contributed by atoms with Crippen LogP contribution in [0.3, 0.4) is 0 Å². The van der Waals surface area contributed by atoms with Crippen LogP contribution in [0.2, 0.25) is 0 Å². The van der Waals surface area contributed by atoms with Crippen LogP contribution in [0.5, 0.6) is 5.75 Å².